The van der Waals surface area contributed by atoms with Crippen molar-refractivity contribution in [1.82, 2.24) is 5.32 Å². The lowest BCUT2D eigenvalue weighted by Gasteiger charge is -2.24. The number of nitrogens with one attached hydrogen (secondary N) is 1. The molecule has 2 aromatic carbocycles. The molecule has 0 aromatic heterocycles. The summed E-state index contributed by atoms with van der Waals surface area (Å²) in [6.45, 7) is 0. The summed E-state index contributed by atoms with van der Waals surface area (Å²) in [7, 11) is -2.06. The number of aryl methyl sites for hydroxylation is 1. The van der Waals surface area contributed by atoms with Gasteiger partial charge in [0.2, 0.25) is 5.30 Å². The minimum absolute atomic E-state index is 0.142. The molecule has 2 aromatic rings. The molecule has 2 unspecified atom stereocenters. The van der Waals surface area contributed by atoms with E-state index in [1.807, 2.05) is 48.5 Å². The highest BCUT2D eigenvalue weighted by molar-refractivity contribution is 7.48. The van der Waals surface area contributed by atoms with Crippen LogP contribution in [0.25, 0.3) is 0 Å². The van der Waals surface area contributed by atoms with Gasteiger partial charge in [0, 0.05) is 6.04 Å². The molecular weight excluding hydrogens is 357 g/mol. The molecule has 3 rings (SSSR count). The number of benzene rings is 2. The lowest BCUT2D eigenvalue weighted by Crippen LogP contribution is -2.43. The monoisotopic (exact) mass is 384 g/mol. The fourth-order valence-corrected chi connectivity index (χ4v) is 4.41. The summed E-state index contributed by atoms with van der Waals surface area (Å²) in [4.78, 5) is 12.8. The van der Waals surface area contributed by atoms with E-state index in [2.05, 4.69) is 5.32 Å². The highest BCUT2D eigenvalue weighted by Crippen LogP contribution is 2.26. The molecule has 1 aliphatic rings. The van der Waals surface area contributed by atoms with E-state index in [-0.39, 0.29) is 11.9 Å². The fraction of sp³-hybridized carbons (Fsp3) is 0.409. The van der Waals surface area contributed by atoms with Crippen LogP contribution in [0.5, 0.6) is 0 Å². The topological polar surface area (TPSA) is 55.4 Å². The van der Waals surface area contributed by atoms with E-state index < -0.39 is 14.1 Å². The van der Waals surface area contributed by atoms with Crippen molar-refractivity contribution in [2.24, 2.45) is 0 Å². The highest BCUT2D eigenvalue weighted by atomic mass is 31.1. The average molecular weight is 384 g/mol. The van der Waals surface area contributed by atoms with Gasteiger partial charge in [0.25, 0.3) is 5.91 Å². The average Bonchev–Trinajstić information content (AvgIpc) is 2.73. The van der Waals surface area contributed by atoms with E-state index >= 15 is 0 Å². The third-order valence-electron chi connectivity index (χ3n) is 4.97. The molecule has 0 bridgehead atoms. The summed E-state index contributed by atoms with van der Waals surface area (Å²) in [5, 5.41) is 3.73. The number of rotatable bonds is 8. The predicted molar refractivity (Wildman–Crippen MR) is 108 cm³/mol. The molecule has 0 saturated heterocycles. The van der Waals surface area contributed by atoms with Gasteiger partial charge in [-0.15, -0.1) is 4.52 Å². The van der Waals surface area contributed by atoms with E-state index in [9.17, 15) is 9.36 Å². The molecule has 0 radical (unpaired) electrons. The lowest BCUT2D eigenvalue weighted by atomic mass is 9.95. The van der Waals surface area contributed by atoms with Crippen molar-refractivity contribution in [2.45, 2.75) is 57.1 Å². The van der Waals surface area contributed by atoms with Gasteiger partial charge in [-0.05, 0) is 47.9 Å². The van der Waals surface area contributed by atoms with Crippen LogP contribution >= 0.6 is 8.03 Å². The first-order chi connectivity index (χ1) is 13.2. The molecule has 2 atom stereocenters. The van der Waals surface area contributed by atoms with Gasteiger partial charge in [-0.1, -0.05) is 67.8 Å². The fourth-order valence-electron chi connectivity index (χ4n) is 3.44. The molecule has 1 amide bonds. The first-order valence-corrected chi connectivity index (χ1v) is 10.9. The number of carbonyl (C=O) groups is 1. The number of amides is 1. The maximum absolute atomic E-state index is 12.8. The van der Waals surface area contributed by atoms with E-state index in [0.29, 0.717) is 18.1 Å². The Hall–Kier alpha value is -2.03. The quantitative estimate of drug-likeness (QED) is 0.681. The Morgan fingerprint density at radius 3 is 2.30 bits per heavy atom. The largest absolute Gasteiger partial charge is 0.549 e. The van der Waals surface area contributed by atoms with Gasteiger partial charge in [-0.2, -0.15) is 0 Å². The van der Waals surface area contributed by atoms with Crippen LogP contribution in [0.1, 0.15) is 44.1 Å². The van der Waals surface area contributed by atoms with E-state index in [0.717, 1.165) is 31.2 Å². The van der Waals surface area contributed by atoms with Crippen molar-refractivity contribution in [3.63, 3.8) is 0 Å². The summed E-state index contributed by atoms with van der Waals surface area (Å²) < 4.78 is 18.4. The van der Waals surface area contributed by atoms with Gasteiger partial charge in [0.15, 0.2) is 6.10 Å². The summed E-state index contributed by atoms with van der Waals surface area (Å²) in [6.07, 6.45) is 6.08. The molecule has 1 aliphatic carbocycles. The molecule has 4 nitrogen and oxygen atoms in total. The van der Waals surface area contributed by atoms with Crippen molar-refractivity contribution in [3.8, 4) is 0 Å². The highest BCUT2D eigenvalue weighted by Gasteiger charge is 2.33. The number of hydrogen-bond acceptors (Lipinski definition) is 3. The summed E-state index contributed by atoms with van der Waals surface area (Å²) in [5.74, 6) is -0.142. The zero-order valence-corrected chi connectivity index (χ0v) is 16.4. The summed E-state index contributed by atoms with van der Waals surface area (Å²) >= 11 is 0. The Balaban J connectivity index is 1.65. The third-order valence-corrected chi connectivity index (χ3v) is 6.14. The molecule has 1 N–H and O–H groups in total. The Morgan fingerprint density at radius 2 is 1.63 bits per heavy atom. The molecule has 5 heteroatoms. The standard InChI is InChI=1S/C22H26NO3P/c24-22(23-19-12-6-2-7-13-19)21(17-16-18-10-4-1-5-11-18)26-27(25)20-14-8-3-9-15-20/h1,3-5,8-11,14-15,19,21H,2,6-7,12-13,16-17H2/p+1. The summed E-state index contributed by atoms with van der Waals surface area (Å²) in [5.41, 5.74) is 1.14. The lowest BCUT2D eigenvalue weighted by molar-refractivity contribution is -0.129. The Bertz CT molecular complexity index is 730. The van der Waals surface area contributed by atoms with Crippen LogP contribution < -0.4 is 10.6 Å². The Labute approximate surface area is 162 Å². The maximum atomic E-state index is 12.8. The molecule has 1 saturated carbocycles. The van der Waals surface area contributed by atoms with Crippen LogP contribution in [-0.4, -0.2) is 18.1 Å². The van der Waals surface area contributed by atoms with Crippen molar-refractivity contribution in [3.05, 3.63) is 66.2 Å². The molecular formula is C22H27NO3P+. The van der Waals surface area contributed by atoms with E-state index in [1.54, 1.807) is 12.1 Å². The van der Waals surface area contributed by atoms with E-state index in [4.69, 9.17) is 4.52 Å². The molecule has 1 fully saturated rings. The predicted octanol–water partition coefficient (Wildman–Crippen LogP) is 4.52. The Kier molecular flexibility index (Phi) is 7.55. The van der Waals surface area contributed by atoms with Gasteiger partial charge in [-0.3, -0.25) is 4.79 Å². The van der Waals surface area contributed by atoms with Crippen LogP contribution in [0.15, 0.2) is 60.7 Å². The van der Waals surface area contributed by atoms with E-state index in [1.165, 1.54) is 6.42 Å². The van der Waals surface area contributed by atoms with Crippen molar-refractivity contribution < 1.29 is 13.9 Å². The zero-order valence-electron chi connectivity index (χ0n) is 15.5. The minimum Gasteiger partial charge on any atom is -0.351 e. The molecule has 0 heterocycles. The van der Waals surface area contributed by atoms with Crippen molar-refractivity contribution in [1.29, 1.82) is 0 Å². The second kappa shape index (κ2) is 10.3. The molecule has 142 valence electrons. The van der Waals surface area contributed by atoms with Gasteiger partial charge in [-0.25, -0.2) is 0 Å². The first-order valence-electron chi connectivity index (χ1n) is 9.76. The third kappa shape index (κ3) is 6.27. The van der Waals surface area contributed by atoms with Gasteiger partial charge in [0.1, 0.15) is 0 Å². The molecule has 27 heavy (non-hydrogen) atoms. The smallest absolute Gasteiger partial charge is 0.351 e. The van der Waals surface area contributed by atoms with Gasteiger partial charge < -0.3 is 5.32 Å². The van der Waals surface area contributed by atoms with Crippen LogP contribution in [0.3, 0.4) is 0 Å². The van der Waals surface area contributed by atoms with Crippen LogP contribution in [0.4, 0.5) is 0 Å². The maximum Gasteiger partial charge on any atom is 0.549 e. The van der Waals surface area contributed by atoms with Crippen LogP contribution in [0, 0.1) is 0 Å². The number of carbonyl (C=O) groups excluding carboxylic acids is 1. The number of hydrogen-bond donors (Lipinski definition) is 1. The van der Waals surface area contributed by atoms with Crippen LogP contribution in [-0.2, 0) is 20.3 Å². The second-order valence-electron chi connectivity index (χ2n) is 7.05. The van der Waals surface area contributed by atoms with Crippen molar-refractivity contribution in [2.75, 3.05) is 0 Å². The summed E-state index contributed by atoms with van der Waals surface area (Å²) in [6, 6.07) is 19.3. The zero-order chi connectivity index (χ0) is 18.9. The molecule has 0 aliphatic heterocycles. The van der Waals surface area contributed by atoms with Crippen LogP contribution in [0.2, 0.25) is 0 Å². The second-order valence-corrected chi connectivity index (χ2v) is 8.30. The normalized spacial score (nSPS) is 16.5. The van der Waals surface area contributed by atoms with Crippen molar-refractivity contribution >= 4 is 19.2 Å². The van der Waals surface area contributed by atoms with Gasteiger partial charge in [0.05, 0.1) is 0 Å². The minimum atomic E-state index is -2.06. The first kappa shape index (κ1) is 19.7. The molecule has 0 spiro atoms. The van der Waals surface area contributed by atoms with Gasteiger partial charge >= 0.3 is 8.03 Å². The SMILES string of the molecule is O=C(NC1CCCCC1)C(CCc1ccccc1)O[P+](=O)c1ccccc1. The Morgan fingerprint density at radius 1 is 1.00 bits per heavy atom.